The van der Waals surface area contributed by atoms with Crippen molar-refractivity contribution >= 4 is 40.3 Å². The Kier molecular flexibility index (Phi) is 5.14. The zero-order valence-electron chi connectivity index (χ0n) is 14.3. The number of hydrogen-bond donors (Lipinski definition) is 2. The zero-order chi connectivity index (χ0) is 18.7. The summed E-state index contributed by atoms with van der Waals surface area (Å²) in [5.41, 5.74) is 3.97. The lowest BCUT2D eigenvalue weighted by atomic mass is 10.1. The third-order valence-corrected chi connectivity index (χ3v) is 4.47. The Labute approximate surface area is 155 Å². The van der Waals surface area contributed by atoms with Crippen molar-refractivity contribution in [2.45, 2.75) is 20.3 Å². The van der Waals surface area contributed by atoms with Crippen LogP contribution in [0.4, 0.5) is 10.5 Å². The highest BCUT2D eigenvalue weighted by atomic mass is 35.5. The van der Waals surface area contributed by atoms with E-state index in [0.717, 1.165) is 17.5 Å². The van der Waals surface area contributed by atoms with Crippen LogP contribution in [0, 0.1) is 6.92 Å². The molecule has 0 spiro atoms. The molecule has 3 aromatic rings. The lowest BCUT2D eigenvalue weighted by molar-refractivity contribution is 0.0967. The van der Waals surface area contributed by atoms with Gasteiger partial charge in [-0.1, -0.05) is 18.5 Å². The maximum absolute atomic E-state index is 12.3. The van der Waals surface area contributed by atoms with Gasteiger partial charge in [0.15, 0.2) is 0 Å². The Morgan fingerprint density at radius 1 is 1.08 bits per heavy atom. The number of urea groups is 1. The predicted molar refractivity (Wildman–Crippen MR) is 102 cm³/mol. The van der Waals surface area contributed by atoms with E-state index >= 15 is 0 Å². The second-order valence-corrected chi connectivity index (χ2v) is 6.17. The maximum Gasteiger partial charge on any atom is 0.326 e. The molecule has 0 atom stereocenters. The summed E-state index contributed by atoms with van der Waals surface area (Å²) in [6.45, 7) is 3.85. The van der Waals surface area contributed by atoms with E-state index in [1.807, 2.05) is 13.8 Å². The number of amides is 3. The minimum Gasteiger partial charge on any atom is -0.308 e. The minimum atomic E-state index is -0.613. The van der Waals surface area contributed by atoms with Gasteiger partial charge < -0.3 is 5.32 Å². The maximum atomic E-state index is 12.3. The van der Waals surface area contributed by atoms with Crippen molar-refractivity contribution in [2.24, 2.45) is 0 Å². The molecule has 132 valence electrons. The molecule has 2 N–H and O–H groups in total. The summed E-state index contributed by atoms with van der Waals surface area (Å²) in [5.74, 6) is -0.517. The average molecular weight is 369 g/mol. The predicted octanol–water partition coefficient (Wildman–Crippen LogP) is 4.12. The van der Waals surface area contributed by atoms with E-state index in [1.165, 1.54) is 0 Å². The van der Waals surface area contributed by atoms with Crippen molar-refractivity contribution < 1.29 is 9.59 Å². The molecule has 26 heavy (non-hydrogen) atoms. The molecule has 6 nitrogen and oxygen atoms in total. The van der Waals surface area contributed by atoms with Crippen molar-refractivity contribution in [3.63, 3.8) is 0 Å². The summed E-state index contributed by atoms with van der Waals surface area (Å²) in [7, 11) is 0. The molecule has 0 bridgehead atoms. The summed E-state index contributed by atoms with van der Waals surface area (Å²) in [4.78, 5) is 32.7. The molecule has 3 amide bonds. The second kappa shape index (κ2) is 7.49. The third-order valence-electron chi connectivity index (χ3n) is 3.93. The van der Waals surface area contributed by atoms with Crippen LogP contribution in [-0.4, -0.2) is 21.9 Å². The van der Waals surface area contributed by atoms with Crippen LogP contribution in [-0.2, 0) is 6.42 Å². The highest BCUT2D eigenvalue weighted by Crippen LogP contribution is 2.25. The Hall–Kier alpha value is -2.99. The van der Waals surface area contributed by atoms with E-state index in [1.54, 1.807) is 42.7 Å². The fourth-order valence-corrected chi connectivity index (χ4v) is 2.86. The molecule has 0 aliphatic carbocycles. The fourth-order valence-electron chi connectivity index (χ4n) is 2.61. The SMILES string of the molecule is CCc1cc(NC(=O)NC(=O)c2ccc3nccnc3c2)cc(C)c1Cl. The van der Waals surface area contributed by atoms with E-state index in [0.29, 0.717) is 27.3 Å². The van der Waals surface area contributed by atoms with Gasteiger partial charge in [-0.15, -0.1) is 0 Å². The molecular weight excluding hydrogens is 352 g/mol. The zero-order valence-corrected chi connectivity index (χ0v) is 15.1. The van der Waals surface area contributed by atoms with Crippen molar-refractivity contribution in [1.29, 1.82) is 0 Å². The summed E-state index contributed by atoms with van der Waals surface area (Å²) >= 11 is 6.22. The van der Waals surface area contributed by atoms with Gasteiger partial charge in [0.25, 0.3) is 5.91 Å². The van der Waals surface area contributed by atoms with E-state index in [2.05, 4.69) is 20.6 Å². The molecular formula is C19H17ClN4O2. The summed E-state index contributed by atoms with van der Waals surface area (Å²) in [6, 6.07) is 7.82. The fraction of sp³-hybridized carbons (Fsp3) is 0.158. The number of benzene rings is 2. The molecule has 0 fully saturated rings. The first-order valence-corrected chi connectivity index (χ1v) is 8.48. The number of carbonyl (C=O) groups is 2. The summed E-state index contributed by atoms with van der Waals surface area (Å²) in [5, 5.41) is 5.66. The van der Waals surface area contributed by atoms with Crippen molar-refractivity contribution in [1.82, 2.24) is 15.3 Å². The Bertz CT molecular complexity index is 1000. The molecule has 0 saturated carbocycles. The number of imide groups is 1. The Morgan fingerprint density at radius 2 is 1.81 bits per heavy atom. The van der Waals surface area contributed by atoms with Gasteiger partial charge in [0.2, 0.25) is 0 Å². The van der Waals surface area contributed by atoms with Crippen LogP contribution in [0.2, 0.25) is 5.02 Å². The number of carbonyl (C=O) groups excluding carboxylic acids is 2. The van der Waals surface area contributed by atoms with Crippen LogP contribution in [0.1, 0.15) is 28.4 Å². The molecule has 2 aromatic carbocycles. The van der Waals surface area contributed by atoms with Crippen molar-refractivity contribution in [3.8, 4) is 0 Å². The quantitative estimate of drug-likeness (QED) is 0.728. The molecule has 1 aromatic heterocycles. The Morgan fingerprint density at radius 3 is 2.54 bits per heavy atom. The minimum absolute atomic E-state index is 0.328. The number of anilines is 1. The molecule has 0 saturated heterocycles. The van der Waals surface area contributed by atoms with Crippen LogP contribution in [0.15, 0.2) is 42.7 Å². The Balaban J connectivity index is 1.73. The number of nitrogens with one attached hydrogen (secondary N) is 2. The molecule has 0 unspecified atom stereocenters. The number of hydrogen-bond acceptors (Lipinski definition) is 4. The third kappa shape index (κ3) is 3.81. The standard InChI is InChI=1S/C19H17ClN4O2/c1-3-12-9-14(8-11(2)17(12)20)23-19(26)24-18(25)13-4-5-15-16(10-13)22-7-6-21-15/h4-10H,3H2,1-2H3,(H2,23,24,25,26). The number of halogens is 1. The van der Waals surface area contributed by atoms with Crippen molar-refractivity contribution in [2.75, 3.05) is 5.32 Å². The number of fused-ring (bicyclic) bond motifs is 1. The molecule has 0 radical (unpaired) electrons. The van der Waals surface area contributed by atoms with Gasteiger partial charge in [-0.05, 0) is 54.8 Å². The van der Waals surface area contributed by atoms with Crippen LogP contribution in [0.25, 0.3) is 11.0 Å². The smallest absolute Gasteiger partial charge is 0.308 e. The number of aryl methyl sites for hydroxylation is 2. The average Bonchev–Trinajstić information content (AvgIpc) is 2.63. The summed E-state index contributed by atoms with van der Waals surface area (Å²) < 4.78 is 0. The van der Waals surface area contributed by atoms with Gasteiger partial charge in [-0.25, -0.2) is 4.79 Å². The van der Waals surface area contributed by atoms with Gasteiger partial charge >= 0.3 is 6.03 Å². The first kappa shape index (κ1) is 17.8. The lowest BCUT2D eigenvalue weighted by Gasteiger charge is -2.11. The van der Waals surface area contributed by atoms with Gasteiger partial charge in [0.1, 0.15) is 0 Å². The highest BCUT2D eigenvalue weighted by molar-refractivity contribution is 6.32. The van der Waals surface area contributed by atoms with Crippen LogP contribution in [0.3, 0.4) is 0 Å². The van der Waals surface area contributed by atoms with E-state index < -0.39 is 11.9 Å². The number of aromatic nitrogens is 2. The van der Waals surface area contributed by atoms with Crippen LogP contribution in [0.5, 0.6) is 0 Å². The molecule has 7 heteroatoms. The molecule has 1 heterocycles. The normalized spacial score (nSPS) is 10.6. The van der Waals surface area contributed by atoms with Gasteiger partial charge in [0, 0.05) is 28.7 Å². The number of nitrogens with zero attached hydrogens (tertiary/aromatic N) is 2. The van der Waals surface area contributed by atoms with Gasteiger partial charge in [-0.3, -0.25) is 20.1 Å². The largest absolute Gasteiger partial charge is 0.326 e. The van der Waals surface area contributed by atoms with Crippen LogP contribution < -0.4 is 10.6 Å². The monoisotopic (exact) mass is 368 g/mol. The molecule has 0 aliphatic rings. The lowest BCUT2D eigenvalue weighted by Crippen LogP contribution is -2.34. The van der Waals surface area contributed by atoms with Gasteiger partial charge in [-0.2, -0.15) is 0 Å². The molecule has 3 rings (SSSR count). The van der Waals surface area contributed by atoms with Gasteiger partial charge in [0.05, 0.1) is 11.0 Å². The van der Waals surface area contributed by atoms with Crippen molar-refractivity contribution in [3.05, 3.63) is 64.4 Å². The molecule has 0 aliphatic heterocycles. The van der Waals surface area contributed by atoms with E-state index in [9.17, 15) is 9.59 Å². The summed E-state index contributed by atoms with van der Waals surface area (Å²) in [6.07, 6.45) is 3.87. The topological polar surface area (TPSA) is 84.0 Å². The first-order valence-electron chi connectivity index (χ1n) is 8.10. The second-order valence-electron chi connectivity index (χ2n) is 5.79. The van der Waals surface area contributed by atoms with Crippen LogP contribution >= 0.6 is 11.6 Å². The van der Waals surface area contributed by atoms with E-state index in [-0.39, 0.29) is 0 Å². The highest BCUT2D eigenvalue weighted by Gasteiger charge is 2.13. The first-order chi connectivity index (χ1) is 12.5. The number of rotatable bonds is 3. The van der Waals surface area contributed by atoms with E-state index in [4.69, 9.17) is 11.6 Å².